The molecule has 1 nitrogen and oxygen atoms in total. The molecule has 0 heterocycles. The van der Waals surface area contributed by atoms with Gasteiger partial charge >= 0.3 is 0 Å². The number of anilines is 1. The monoisotopic (exact) mass is 259 g/mol. The van der Waals surface area contributed by atoms with Crippen LogP contribution in [0.5, 0.6) is 0 Å². The van der Waals surface area contributed by atoms with Gasteiger partial charge in [0.25, 0.3) is 0 Å². The molecule has 3 aromatic rings. The largest absolute Gasteiger partial charge is 0.399 e. The number of hydrogen-bond acceptors (Lipinski definition) is 1. The minimum absolute atomic E-state index is 0.810. The Labute approximate surface area is 119 Å². The summed E-state index contributed by atoms with van der Waals surface area (Å²) in [6.45, 7) is 2.07. The number of nitrogen functional groups attached to an aromatic ring is 1. The molecule has 0 saturated heterocycles. The Morgan fingerprint density at radius 2 is 1.25 bits per heavy atom. The molecule has 2 N–H and O–H groups in total. The quantitative estimate of drug-likeness (QED) is 0.650. The van der Waals surface area contributed by atoms with Crippen molar-refractivity contribution in [2.75, 3.05) is 5.73 Å². The molecular formula is C19H17N. The van der Waals surface area contributed by atoms with Crippen molar-refractivity contribution in [2.24, 2.45) is 0 Å². The van der Waals surface area contributed by atoms with Crippen LogP contribution in [0.3, 0.4) is 0 Å². The van der Waals surface area contributed by atoms with E-state index in [9.17, 15) is 0 Å². The average Bonchev–Trinajstić information content (AvgIpc) is 2.47. The van der Waals surface area contributed by atoms with Crippen LogP contribution in [0.1, 0.15) is 5.56 Å². The van der Waals surface area contributed by atoms with Crippen molar-refractivity contribution in [1.82, 2.24) is 0 Å². The summed E-state index contributed by atoms with van der Waals surface area (Å²) >= 11 is 0. The van der Waals surface area contributed by atoms with Gasteiger partial charge in [0, 0.05) is 5.69 Å². The number of benzene rings is 3. The van der Waals surface area contributed by atoms with Gasteiger partial charge in [-0.2, -0.15) is 0 Å². The van der Waals surface area contributed by atoms with Gasteiger partial charge < -0.3 is 5.73 Å². The number of hydrogen-bond donors (Lipinski definition) is 1. The van der Waals surface area contributed by atoms with Crippen LogP contribution in [0.15, 0.2) is 72.8 Å². The van der Waals surface area contributed by atoms with Crippen molar-refractivity contribution in [2.45, 2.75) is 6.92 Å². The van der Waals surface area contributed by atoms with E-state index in [0.29, 0.717) is 0 Å². The highest BCUT2D eigenvalue weighted by molar-refractivity contribution is 5.75. The van der Waals surface area contributed by atoms with Crippen molar-refractivity contribution in [3.8, 4) is 22.3 Å². The van der Waals surface area contributed by atoms with Gasteiger partial charge in [-0.15, -0.1) is 0 Å². The minimum Gasteiger partial charge on any atom is -0.399 e. The van der Waals surface area contributed by atoms with E-state index in [1.54, 1.807) is 0 Å². The summed E-state index contributed by atoms with van der Waals surface area (Å²) in [7, 11) is 0. The molecule has 0 saturated carbocycles. The highest BCUT2D eigenvalue weighted by Crippen LogP contribution is 2.28. The van der Waals surface area contributed by atoms with Crippen LogP contribution in [-0.4, -0.2) is 0 Å². The summed E-state index contributed by atoms with van der Waals surface area (Å²) in [4.78, 5) is 0. The van der Waals surface area contributed by atoms with Gasteiger partial charge in [0.1, 0.15) is 0 Å². The molecule has 1 heteroatoms. The Morgan fingerprint density at radius 3 is 1.95 bits per heavy atom. The predicted molar refractivity (Wildman–Crippen MR) is 86.5 cm³/mol. The van der Waals surface area contributed by atoms with Crippen LogP contribution < -0.4 is 5.73 Å². The molecule has 0 fully saturated rings. The molecule has 0 spiro atoms. The maximum atomic E-state index is 5.95. The first kappa shape index (κ1) is 12.5. The third-order valence-corrected chi connectivity index (χ3v) is 3.40. The zero-order valence-corrected chi connectivity index (χ0v) is 11.5. The summed E-state index contributed by atoms with van der Waals surface area (Å²) in [5, 5.41) is 0. The van der Waals surface area contributed by atoms with Crippen LogP contribution >= 0.6 is 0 Å². The van der Waals surface area contributed by atoms with E-state index < -0.39 is 0 Å². The third kappa shape index (κ3) is 2.57. The van der Waals surface area contributed by atoms with Crippen LogP contribution in [-0.2, 0) is 0 Å². The molecule has 0 unspecified atom stereocenters. The SMILES string of the molecule is Cc1cc(N)cc(-c2cccc(-c3ccccc3)c2)c1. The van der Waals surface area contributed by atoms with E-state index in [2.05, 4.69) is 61.5 Å². The second-order valence-electron chi connectivity index (χ2n) is 5.08. The first-order chi connectivity index (χ1) is 9.72. The van der Waals surface area contributed by atoms with Gasteiger partial charge in [-0.05, 0) is 52.9 Å². The third-order valence-electron chi connectivity index (χ3n) is 3.40. The lowest BCUT2D eigenvalue weighted by atomic mass is 9.98. The fourth-order valence-electron chi connectivity index (χ4n) is 2.49. The molecule has 3 aromatic carbocycles. The maximum Gasteiger partial charge on any atom is 0.0322 e. The van der Waals surface area contributed by atoms with E-state index in [0.717, 1.165) is 5.69 Å². The number of aryl methyl sites for hydroxylation is 1. The lowest BCUT2D eigenvalue weighted by Crippen LogP contribution is -1.88. The van der Waals surface area contributed by atoms with E-state index in [4.69, 9.17) is 5.73 Å². The van der Waals surface area contributed by atoms with Crippen LogP contribution in [0.2, 0.25) is 0 Å². The Kier molecular flexibility index (Phi) is 3.26. The molecule has 0 aliphatic carbocycles. The molecular weight excluding hydrogens is 242 g/mol. The summed E-state index contributed by atoms with van der Waals surface area (Å²) in [5.74, 6) is 0. The van der Waals surface area contributed by atoms with Gasteiger partial charge in [-0.3, -0.25) is 0 Å². The number of nitrogens with two attached hydrogens (primary N) is 1. The van der Waals surface area contributed by atoms with E-state index >= 15 is 0 Å². The van der Waals surface area contributed by atoms with Gasteiger partial charge in [-0.25, -0.2) is 0 Å². The topological polar surface area (TPSA) is 26.0 Å². The van der Waals surface area contributed by atoms with Crippen LogP contribution in [0.25, 0.3) is 22.3 Å². The predicted octanol–water partition coefficient (Wildman–Crippen LogP) is 4.91. The second-order valence-corrected chi connectivity index (χ2v) is 5.08. The first-order valence-electron chi connectivity index (χ1n) is 6.75. The number of rotatable bonds is 2. The van der Waals surface area contributed by atoms with E-state index in [-0.39, 0.29) is 0 Å². The fraction of sp³-hybridized carbons (Fsp3) is 0.0526. The first-order valence-corrected chi connectivity index (χ1v) is 6.75. The Morgan fingerprint density at radius 1 is 0.600 bits per heavy atom. The lowest BCUT2D eigenvalue weighted by molar-refractivity contribution is 1.46. The summed E-state index contributed by atoms with van der Waals surface area (Å²) in [6, 6.07) is 25.2. The van der Waals surface area contributed by atoms with Crippen molar-refractivity contribution in [3.05, 3.63) is 78.4 Å². The molecule has 3 rings (SSSR count). The standard InChI is InChI=1S/C19H17N/c1-14-10-18(13-19(20)11-14)17-9-5-8-16(12-17)15-6-3-2-4-7-15/h2-13H,20H2,1H3. The van der Waals surface area contributed by atoms with Gasteiger partial charge in [0.15, 0.2) is 0 Å². The molecule has 0 aliphatic heterocycles. The Balaban J connectivity index is 2.07. The Bertz CT molecular complexity index is 710. The molecule has 20 heavy (non-hydrogen) atoms. The molecule has 98 valence electrons. The molecule has 0 aromatic heterocycles. The van der Waals surface area contributed by atoms with Crippen molar-refractivity contribution in [3.63, 3.8) is 0 Å². The van der Waals surface area contributed by atoms with Crippen molar-refractivity contribution < 1.29 is 0 Å². The van der Waals surface area contributed by atoms with Gasteiger partial charge in [-0.1, -0.05) is 54.6 Å². The van der Waals surface area contributed by atoms with Gasteiger partial charge in [0.2, 0.25) is 0 Å². The highest BCUT2D eigenvalue weighted by Gasteiger charge is 2.02. The highest BCUT2D eigenvalue weighted by atomic mass is 14.5. The lowest BCUT2D eigenvalue weighted by Gasteiger charge is -2.08. The molecule has 0 aliphatic rings. The van der Waals surface area contributed by atoms with E-state index in [1.807, 2.05) is 18.2 Å². The smallest absolute Gasteiger partial charge is 0.0322 e. The van der Waals surface area contributed by atoms with E-state index in [1.165, 1.54) is 27.8 Å². The minimum atomic E-state index is 0.810. The summed E-state index contributed by atoms with van der Waals surface area (Å²) < 4.78 is 0. The van der Waals surface area contributed by atoms with Crippen LogP contribution in [0, 0.1) is 6.92 Å². The molecule has 0 atom stereocenters. The van der Waals surface area contributed by atoms with Crippen LogP contribution in [0.4, 0.5) is 5.69 Å². The zero-order valence-electron chi connectivity index (χ0n) is 11.5. The molecule has 0 amide bonds. The van der Waals surface area contributed by atoms with Gasteiger partial charge in [0.05, 0.1) is 0 Å². The molecule has 0 radical (unpaired) electrons. The average molecular weight is 259 g/mol. The summed E-state index contributed by atoms with van der Waals surface area (Å²) in [6.07, 6.45) is 0. The van der Waals surface area contributed by atoms with Crippen molar-refractivity contribution >= 4 is 5.69 Å². The normalized spacial score (nSPS) is 10.4. The second kappa shape index (κ2) is 5.22. The maximum absolute atomic E-state index is 5.95. The van der Waals surface area contributed by atoms with Crippen molar-refractivity contribution in [1.29, 1.82) is 0 Å². The molecule has 0 bridgehead atoms. The zero-order chi connectivity index (χ0) is 13.9. The fourth-order valence-corrected chi connectivity index (χ4v) is 2.49. The summed E-state index contributed by atoms with van der Waals surface area (Å²) in [5.41, 5.74) is 12.8. The Hall–Kier alpha value is -2.54.